The summed E-state index contributed by atoms with van der Waals surface area (Å²) < 4.78 is 12.0. The van der Waals surface area contributed by atoms with Crippen LogP contribution >= 0.6 is 11.3 Å². The SMILES string of the molecule is C#CCCOc1cc(-c2ccc(C)s2)cc2c1OCCN(C(=O)c1cccnc1)C2. The summed E-state index contributed by atoms with van der Waals surface area (Å²) in [6.07, 6.45) is 9.14. The van der Waals surface area contributed by atoms with E-state index in [0.29, 0.717) is 49.8 Å². The van der Waals surface area contributed by atoms with E-state index in [1.165, 1.54) is 4.88 Å². The number of rotatable bonds is 5. The first kappa shape index (κ1) is 20.0. The monoisotopic (exact) mass is 418 g/mol. The van der Waals surface area contributed by atoms with Gasteiger partial charge in [0.1, 0.15) is 6.61 Å². The molecule has 1 aliphatic rings. The number of hydrogen-bond donors (Lipinski definition) is 0. The molecule has 0 radical (unpaired) electrons. The molecule has 3 aromatic rings. The van der Waals surface area contributed by atoms with E-state index in [1.807, 2.05) is 6.07 Å². The molecule has 3 heterocycles. The number of hydrogen-bond acceptors (Lipinski definition) is 5. The molecule has 1 amide bonds. The molecule has 0 spiro atoms. The van der Waals surface area contributed by atoms with E-state index in [4.69, 9.17) is 15.9 Å². The summed E-state index contributed by atoms with van der Waals surface area (Å²) in [5, 5.41) is 0. The van der Waals surface area contributed by atoms with Gasteiger partial charge in [-0.25, -0.2) is 0 Å². The summed E-state index contributed by atoms with van der Waals surface area (Å²) in [5.41, 5.74) is 2.53. The number of pyridine rings is 1. The van der Waals surface area contributed by atoms with Crippen molar-refractivity contribution in [2.75, 3.05) is 19.8 Å². The fraction of sp³-hybridized carbons (Fsp3) is 0.250. The lowest BCUT2D eigenvalue weighted by atomic mass is 10.1. The van der Waals surface area contributed by atoms with Crippen LogP contribution in [0.5, 0.6) is 11.5 Å². The molecular formula is C24H22N2O3S. The van der Waals surface area contributed by atoms with Crippen molar-refractivity contribution in [2.24, 2.45) is 0 Å². The Morgan fingerprint density at radius 1 is 1.37 bits per heavy atom. The van der Waals surface area contributed by atoms with E-state index in [1.54, 1.807) is 40.8 Å². The van der Waals surface area contributed by atoms with Gasteiger partial charge < -0.3 is 14.4 Å². The number of fused-ring (bicyclic) bond motifs is 1. The Kier molecular flexibility index (Phi) is 6.01. The van der Waals surface area contributed by atoms with Gasteiger partial charge in [0.25, 0.3) is 5.91 Å². The molecule has 0 aliphatic carbocycles. The van der Waals surface area contributed by atoms with Crippen molar-refractivity contribution < 1.29 is 14.3 Å². The highest BCUT2D eigenvalue weighted by Gasteiger charge is 2.24. The molecule has 0 saturated heterocycles. The number of carbonyl (C=O) groups is 1. The second kappa shape index (κ2) is 9.02. The van der Waals surface area contributed by atoms with Crippen LogP contribution < -0.4 is 9.47 Å². The Morgan fingerprint density at radius 3 is 3.00 bits per heavy atom. The molecule has 0 atom stereocenters. The van der Waals surface area contributed by atoms with Crippen LogP contribution in [0.4, 0.5) is 0 Å². The van der Waals surface area contributed by atoms with E-state index < -0.39 is 0 Å². The summed E-state index contributed by atoms with van der Waals surface area (Å²) >= 11 is 1.72. The number of aryl methyl sites for hydroxylation is 1. The first-order valence-electron chi connectivity index (χ1n) is 9.78. The first-order valence-corrected chi connectivity index (χ1v) is 10.6. The topological polar surface area (TPSA) is 51.7 Å². The van der Waals surface area contributed by atoms with Gasteiger partial charge in [-0.05, 0) is 48.9 Å². The second-order valence-electron chi connectivity index (χ2n) is 6.99. The highest BCUT2D eigenvalue weighted by atomic mass is 32.1. The van der Waals surface area contributed by atoms with Crippen LogP contribution in [-0.4, -0.2) is 35.5 Å². The second-order valence-corrected chi connectivity index (χ2v) is 8.28. The Morgan fingerprint density at radius 2 is 2.27 bits per heavy atom. The van der Waals surface area contributed by atoms with Gasteiger partial charge >= 0.3 is 0 Å². The number of thiophene rings is 1. The van der Waals surface area contributed by atoms with Crippen LogP contribution in [0.15, 0.2) is 48.8 Å². The number of benzene rings is 1. The van der Waals surface area contributed by atoms with Crippen molar-refractivity contribution >= 4 is 17.2 Å². The molecule has 0 bridgehead atoms. The standard InChI is InChI=1S/C24H22N2O3S/c1-3-4-11-28-21-14-19(22-8-7-17(2)30-22)13-20-16-26(10-12-29-23(20)21)24(27)18-6-5-9-25-15-18/h1,5-9,13-15H,4,10-12,16H2,2H3. The van der Waals surface area contributed by atoms with Gasteiger partial charge in [0.05, 0.1) is 18.7 Å². The third kappa shape index (κ3) is 4.32. The van der Waals surface area contributed by atoms with E-state index >= 15 is 0 Å². The molecule has 30 heavy (non-hydrogen) atoms. The van der Waals surface area contributed by atoms with E-state index in [9.17, 15) is 4.79 Å². The van der Waals surface area contributed by atoms with Gasteiger partial charge in [0.15, 0.2) is 11.5 Å². The quantitative estimate of drug-likeness (QED) is 0.450. The minimum absolute atomic E-state index is 0.0632. The predicted molar refractivity (Wildman–Crippen MR) is 118 cm³/mol. The molecule has 2 aromatic heterocycles. The largest absolute Gasteiger partial charge is 0.489 e. The lowest BCUT2D eigenvalue weighted by Crippen LogP contribution is -2.32. The van der Waals surface area contributed by atoms with Gasteiger partial charge in [-0.3, -0.25) is 9.78 Å². The van der Waals surface area contributed by atoms with Crippen molar-refractivity contribution in [3.8, 4) is 34.3 Å². The Hall–Kier alpha value is -3.30. The zero-order chi connectivity index (χ0) is 20.9. The zero-order valence-electron chi connectivity index (χ0n) is 16.8. The molecule has 152 valence electrons. The van der Waals surface area contributed by atoms with Gasteiger partial charge in [0, 0.05) is 40.7 Å². The Bertz CT molecular complexity index is 1090. The van der Waals surface area contributed by atoms with Crippen LogP contribution in [0, 0.1) is 19.3 Å². The van der Waals surface area contributed by atoms with Crippen LogP contribution in [0.25, 0.3) is 10.4 Å². The summed E-state index contributed by atoms with van der Waals surface area (Å²) in [7, 11) is 0. The maximum absolute atomic E-state index is 13.0. The van der Waals surface area contributed by atoms with Crippen molar-refractivity contribution in [1.29, 1.82) is 0 Å². The lowest BCUT2D eigenvalue weighted by molar-refractivity contribution is 0.0732. The molecule has 0 fully saturated rings. The molecule has 5 nitrogen and oxygen atoms in total. The molecule has 0 saturated carbocycles. The summed E-state index contributed by atoms with van der Waals surface area (Å²) in [5.74, 6) is 3.89. The third-order valence-electron chi connectivity index (χ3n) is 4.83. The van der Waals surface area contributed by atoms with Crippen molar-refractivity contribution in [2.45, 2.75) is 19.9 Å². The highest BCUT2D eigenvalue weighted by Crippen LogP contribution is 2.40. The third-order valence-corrected chi connectivity index (χ3v) is 5.87. The van der Waals surface area contributed by atoms with E-state index in [2.05, 4.69) is 36.0 Å². The fourth-order valence-corrected chi connectivity index (χ4v) is 4.24. The normalized spacial score (nSPS) is 13.0. The summed E-state index contributed by atoms with van der Waals surface area (Å²) in [4.78, 5) is 21.2. The van der Waals surface area contributed by atoms with Gasteiger partial charge in [-0.2, -0.15) is 0 Å². The van der Waals surface area contributed by atoms with Crippen LogP contribution in [0.3, 0.4) is 0 Å². The molecule has 4 rings (SSSR count). The lowest BCUT2D eigenvalue weighted by Gasteiger charge is -2.20. The molecular weight excluding hydrogens is 396 g/mol. The molecule has 0 N–H and O–H groups in total. The smallest absolute Gasteiger partial charge is 0.255 e. The van der Waals surface area contributed by atoms with Crippen LogP contribution in [0.1, 0.15) is 27.2 Å². The molecule has 6 heteroatoms. The van der Waals surface area contributed by atoms with E-state index in [0.717, 1.165) is 16.0 Å². The minimum Gasteiger partial charge on any atom is -0.489 e. The predicted octanol–water partition coefficient (Wildman–Crippen LogP) is 4.56. The van der Waals surface area contributed by atoms with Crippen molar-refractivity contribution in [3.63, 3.8) is 0 Å². The maximum atomic E-state index is 13.0. The zero-order valence-corrected chi connectivity index (χ0v) is 17.6. The van der Waals surface area contributed by atoms with Gasteiger partial charge in [0.2, 0.25) is 0 Å². The number of aromatic nitrogens is 1. The number of terminal acetylenes is 1. The van der Waals surface area contributed by atoms with Crippen LogP contribution in [0.2, 0.25) is 0 Å². The van der Waals surface area contributed by atoms with Crippen molar-refractivity contribution in [1.82, 2.24) is 9.88 Å². The Balaban J connectivity index is 1.70. The van der Waals surface area contributed by atoms with Gasteiger partial charge in [-0.15, -0.1) is 23.7 Å². The first-order chi connectivity index (χ1) is 14.7. The fourth-order valence-electron chi connectivity index (χ4n) is 3.39. The summed E-state index contributed by atoms with van der Waals surface area (Å²) in [6, 6.07) is 11.8. The number of carbonyl (C=O) groups excluding carboxylic acids is 1. The minimum atomic E-state index is -0.0632. The van der Waals surface area contributed by atoms with Crippen molar-refractivity contribution in [3.05, 3.63) is 64.8 Å². The number of amides is 1. The average Bonchev–Trinajstić information content (AvgIpc) is 3.08. The molecule has 0 unspecified atom stereocenters. The van der Waals surface area contributed by atoms with E-state index in [-0.39, 0.29) is 5.91 Å². The number of ether oxygens (including phenoxy) is 2. The molecule has 1 aliphatic heterocycles. The summed E-state index contributed by atoms with van der Waals surface area (Å²) in [6.45, 7) is 3.81. The maximum Gasteiger partial charge on any atom is 0.255 e. The molecule has 1 aromatic carbocycles. The average molecular weight is 419 g/mol. The van der Waals surface area contributed by atoms with Crippen LogP contribution in [-0.2, 0) is 6.54 Å². The number of nitrogens with zero attached hydrogens (tertiary/aromatic N) is 2. The Labute approximate surface area is 180 Å². The highest BCUT2D eigenvalue weighted by molar-refractivity contribution is 7.15. The van der Waals surface area contributed by atoms with Gasteiger partial charge in [-0.1, -0.05) is 0 Å².